The van der Waals surface area contributed by atoms with Crippen molar-refractivity contribution >= 4 is 38.6 Å². The van der Waals surface area contributed by atoms with E-state index < -0.39 is 9.84 Å². The summed E-state index contributed by atoms with van der Waals surface area (Å²) in [6.07, 6.45) is 0.551. The highest BCUT2D eigenvalue weighted by atomic mass is 32.2. The van der Waals surface area contributed by atoms with Crippen LogP contribution in [0.4, 0.5) is 5.69 Å². The van der Waals surface area contributed by atoms with Crippen molar-refractivity contribution < 1.29 is 8.42 Å². The first-order chi connectivity index (χ1) is 9.87. The van der Waals surface area contributed by atoms with Crippen LogP contribution in [0.1, 0.15) is 20.3 Å². The molecule has 0 saturated carbocycles. The minimum Gasteiger partial charge on any atom is -0.331 e. The van der Waals surface area contributed by atoms with Crippen LogP contribution in [0.3, 0.4) is 0 Å². The van der Waals surface area contributed by atoms with Crippen LogP contribution in [0.15, 0.2) is 35.4 Å². The number of hydrazone groups is 1. The Morgan fingerprint density at radius 1 is 1.33 bits per heavy atom. The molecule has 1 fully saturated rings. The van der Waals surface area contributed by atoms with E-state index in [-0.39, 0.29) is 17.5 Å². The summed E-state index contributed by atoms with van der Waals surface area (Å²) in [5.74, 6) is 0.292. The van der Waals surface area contributed by atoms with Crippen LogP contribution in [0.25, 0.3) is 0 Å². The van der Waals surface area contributed by atoms with Gasteiger partial charge >= 0.3 is 0 Å². The number of anilines is 1. The third kappa shape index (κ3) is 4.50. The smallest absolute Gasteiger partial charge is 0.194 e. The number of rotatable bonds is 3. The van der Waals surface area contributed by atoms with Gasteiger partial charge in [0.25, 0.3) is 0 Å². The molecule has 0 unspecified atom stereocenters. The van der Waals surface area contributed by atoms with Gasteiger partial charge in [0.05, 0.1) is 17.5 Å². The first-order valence-corrected chi connectivity index (χ1v) is 8.98. The molecular formula is C14H19N3O2S2. The Hall–Kier alpha value is -1.47. The van der Waals surface area contributed by atoms with Gasteiger partial charge in [-0.1, -0.05) is 18.2 Å². The number of thiocarbonyl (C=S) groups is 1. The topological polar surface area (TPSA) is 61.8 Å². The van der Waals surface area contributed by atoms with Crippen LogP contribution in [0, 0.1) is 0 Å². The van der Waals surface area contributed by atoms with E-state index in [0.29, 0.717) is 11.5 Å². The molecule has 21 heavy (non-hydrogen) atoms. The first-order valence-electron chi connectivity index (χ1n) is 6.75. The number of sulfone groups is 1. The molecule has 1 saturated heterocycles. The molecule has 1 heterocycles. The van der Waals surface area contributed by atoms with Crippen LogP contribution >= 0.6 is 12.2 Å². The van der Waals surface area contributed by atoms with Gasteiger partial charge in [-0.25, -0.2) is 13.4 Å². The lowest BCUT2D eigenvalue weighted by Gasteiger charge is -2.26. The predicted octanol–water partition coefficient (Wildman–Crippen LogP) is 2.27. The van der Waals surface area contributed by atoms with Crippen molar-refractivity contribution in [2.75, 3.05) is 16.8 Å². The largest absolute Gasteiger partial charge is 0.331 e. The maximum atomic E-state index is 11.7. The van der Waals surface area contributed by atoms with E-state index in [4.69, 9.17) is 12.2 Å². The summed E-state index contributed by atoms with van der Waals surface area (Å²) in [7, 11) is -2.98. The quantitative estimate of drug-likeness (QED) is 0.525. The molecular weight excluding hydrogens is 306 g/mol. The standard InChI is InChI=1S/C14H19N3O2S2/c1-11(2)16-17(13-8-9-21(18,19)10-13)14(20)15-12-6-4-3-5-7-12/h3-7,13H,8-10H2,1-2H3,(H,15,20)/t13-/m0/s1. The molecule has 1 N–H and O–H groups in total. The van der Waals surface area contributed by atoms with E-state index >= 15 is 0 Å². The lowest BCUT2D eigenvalue weighted by atomic mass is 10.2. The van der Waals surface area contributed by atoms with Crippen LogP contribution in [0.2, 0.25) is 0 Å². The average Bonchev–Trinajstić information content (AvgIpc) is 2.77. The molecule has 5 nitrogen and oxygen atoms in total. The fraction of sp³-hybridized carbons (Fsp3) is 0.429. The van der Waals surface area contributed by atoms with Crippen LogP contribution in [0.5, 0.6) is 0 Å². The molecule has 1 aliphatic rings. The van der Waals surface area contributed by atoms with Gasteiger partial charge in [-0.05, 0) is 44.6 Å². The van der Waals surface area contributed by atoms with Gasteiger partial charge in [-0.15, -0.1) is 0 Å². The van der Waals surface area contributed by atoms with E-state index in [1.165, 1.54) is 0 Å². The Morgan fingerprint density at radius 2 is 2.00 bits per heavy atom. The van der Waals surface area contributed by atoms with Crippen molar-refractivity contribution in [2.45, 2.75) is 26.3 Å². The molecule has 114 valence electrons. The summed E-state index contributed by atoms with van der Waals surface area (Å²) in [5.41, 5.74) is 1.69. The Labute approximate surface area is 131 Å². The molecule has 1 aromatic rings. The molecule has 0 spiro atoms. The second-order valence-corrected chi connectivity index (χ2v) is 7.86. The zero-order valence-electron chi connectivity index (χ0n) is 12.1. The number of hydrogen-bond acceptors (Lipinski definition) is 4. The summed E-state index contributed by atoms with van der Waals surface area (Å²) < 4.78 is 23.3. The Morgan fingerprint density at radius 3 is 2.52 bits per heavy atom. The fourth-order valence-electron chi connectivity index (χ4n) is 2.18. The number of hydrogen-bond donors (Lipinski definition) is 1. The molecule has 2 rings (SSSR count). The summed E-state index contributed by atoms with van der Waals surface area (Å²) >= 11 is 5.40. The predicted molar refractivity (Wildman–Crippen MR) is 90.3 cm³/mol. The van der Waals surface area contributed by atoms with Gasteiger partial charge in [-0.3, -0.25) is 0 Å². The van der Waals surface area contributed by atoms with Gasteiger partial charge in [0.15, 0.2) is 14.9 Å². The third-order valence-corrected chi connectivity index (χ3v) is 5.13. The molecule has 0 aliphatic carbocycles. The van der Waals surface area contributed by atoms with Crippen molar-refractivity contribution in [1.82, 2.24) is 5.01 Å². The lowest BCUT2D eigenvalue weighted by molar-refractivity contribution is 0.356. The van der Waals surface area contributed by atoms with Crippen molar-refractivity contribution in [3.05, 3.63) is 30.3 Å². The molecule has 0 radical (unpaired) electrons. The maximum Gasteiger partial charge on any atom is 0.194 e. The highest BCUT2D eigenvalue weighted by molar-refractivity contribution is 7.91. The third-order valence-electron chi connectivity index (χ3n) is 3.10. The molecule has 1 aromatic carbocycles. The highest BCUT2D eigenvalue weighted by Gasteiger charge is 2.33. The lowest BCUT2D eigenvalue weighted by Crippen LogP contribution is -2.40. The second-order valence-electron chi connectivity index (χ2n) is 5.24. The average molecular weight is 325 g/mol. The molecule has 1 aliphatic heterocycles. The molecule has 0 bridgehead atoms. The fourth-order valence-corrected chi connectivity index (χ4v) is 4.18. The van der Waals surface area contributed by atoms with Gasteiger partial charge in [0.2, 0.25) is 0 Å². The number of nitrogens with one attached hydrogen (secondary N) is 1. The Bertz CT molecular complexity index is 637. The van der Waals surface area contributed by atoms with Crippen molar-refractivity contribution in [2.24, 2.45) is 5.10 Å². The Balaban J connectivity index is 2.17. The Kier molecular flexibility index (Phi) is 4.95. The van der Waals surface area contributed by atoms with E-state index in [0.717, 1.165) is 11.4 Å². The van der Waals surface area contributed by atoms with E-state index in [1.54, 1.807) is 5.01 Å². The summed E-state index contributed by atoms with van der Waals surface area (Å²) in [6.45, 7) is 3.73. The minimum atomic E-state index is -2.98. The monoisotopic (exact) mass is 325 g/mol. The summed E-state index contributed by atoms with van der Waals surface area (Å²) in [5, 5.41) is 9.56. The van der Waals surface area contributed by atoms with Crippen molar-refractivity contribution in [3.8, 4) is 0 Å². The van der Waals surface area contributed by atoms with Crippen LogP contribution in [-0.4, -0.2) is 41.8 Å². The van der Waals surface area contributed by atoms with Crippen LogP contribution in [-0.2, 0) is 9.84 Å². The summed E-state index contributed by atoms with van der Waals surface area (Å²) in [6, 6.07) is 9.34. The van der Waals surface area contributed by atoms with Gasteiger partial charge in [-0.2, -0.15) is 5.10 Å². The van der Waals surface area contributed by atoms with E-state index in [1.807, 2.05) is 44.2 Å². The first kappa shape index (κ1) is 15.9. The van der Waals surface area contributed by atoms with Gasteiger partial charge in [0, 0.05) is 11.4 Å². The van der Waals surface area contributed by atoms with Gasteiger partial charge < -0.3 is 5.32 Å². The van der Waals surface area contributed by atoms with Crippen LogP contribution < -0.4 is 5.32 Å². The maximum absolute atomic E-state index is 11.7. The SMILES string of the molecule is CC(C)=NN(C(=S)Nc1ccccc1)[C@H]1CCS(=O)(=O)C1. The zero-order chi connectivity index (χ0) is 15.5. The van der Waals surface area contributed by atoms with E-state index in [9.17, 15) is 8.42 Å². The highest BCUT2D eigenvalue weighted by Crippen LogP contribution is 2.20. The van der Waals surface area contributed by atoms with Crippen molar-refractivity contribution in [3.63, 3.8) is 0 Å². The minimum absolute atomic E-state index is 0.0976. The number of para-hydroxylation sites is 1. The van der Waals surface area contributed by atoms with Gasteiger partial charge in [0.1, 0.15) is 0 Å². The normalized spacial score (nSPS) is 19.8. The molecule has 7 heteroatoms. The summed E-state index contributed by atoms with van der Waals surface area (Å²) in [4.78, 5) is 0. The molecule has 0 aromatic heterocycles. The number of benzene rings is 1. The molecule has 1 atom stereocenters. The second kappa shape index (κ2) is 6.53. The zero-order valence-corrected chi connectivity index (χ0v) is 13.7. The van der Waals surface area contributed by atoms with E-state index in [2.05, 4.69) is 10.4 Å². The number of nitrogens with zero attached hydrogens (tertiary/aromatic N) is 2. The molecule has 0 amide bonds. The van der Waals surface area contributed by atoms with Crippen molar-refractivity contribution in [1.29, 1.82) is 0 Å².